The highest BCUT2D eigenvalue weighted by atomic mass is 79.9. The highest BCUT2D eigenvalue weighted by Gasteiger charge is 2.24. The van der Waals surface area contributed by atoms with Gasteiger partial charge in [0, 0.05) is 0 Å². The molecule has 0 spiro atoms. The van der Waals surface area contributed by atoms with E-state index in [1.165, 1.54) is 44.9 Å². The number of unbranched alkanes of at least 4 members (excludes halogenated alkanes) is 7. The summed E-state index contributed by atoms with van der Waals surface area (Å²) in [6, 6.07) is 0. The van der Waals surface area contributed by atoms with Gasteiger partial charge in [0.25, 0.3) is 0 Å². The van der Waals surface area contributed by atoms with Crippen molar-refractivity contribution in [1.29, 1.82) is 0 Å². The van der Waals surface area contributed by atoms with Crippen molar-refractivity contribution in [2.75, 3.05) is 6.61 Å². The van der Waals surface area contributed by atoms with Crippen LogP contribution in [0, 0.1) is 0 Å². The Kier molecular flexibility index (Phi) is 9.90. The number of hydrogen-bond donors (Lipinski definition) is 0. The molecule has 0 heterocycles. The van der Waals surface area contributed by atoms with Crippen LogP contribution in [0.3, 0.4) is 0 Å². The lowest BCUT2D eigenvalue weighted by atomic mass is 10.1. The van der Waals surface area contributed by atoms with Crippen LogP contribution in [0.15, 0.2) is 0 Å². The molecular formula is C14H27BrO2. The first-order valence-electron chi connectivity index (χ1n) is 6.84. The van der Waals surface area contributed by atoms with Crippen molar-refractivity contribution in [2.24, 2.45) is 0 Å². The van der Waals surface area contributed by atoms with E-state index in [1.54, 1.807) is 0 Å². The minimum atomic E-state index is -0.548. The van der Waals surface area contributed by atoms with Gasteiger partial charge in [0.1, 0.15) is 4.32 Å². The zero-order valence-corrected chi connectivity index (χ0v) is 13.1. The molecule has 0 aliphatic heterocycles. The van der Waals surface area contributed by atoms with E-state index in [-0.39, 0.29) is 5.97 Å². The molecule has 0 fully saturated rings. The van der Waals surface area contributed by atoms with Gasteiger partial charge in [-0.3, -0.25) is 4.79 Å². The third-order valence-electron chi connectivity index (χ3n) is 2.72. The predicted molar refractivity (Wildman–Crippen MR) is 76.6 cm³/mol. The molecule has 0 atom stereocenters. The number of carbonyl (C=O) groups excluding carboxylic acids is 1. The SMILES string of the molecule is CCCCCCCCCCOC(=O)C(C)(C)Br. The third kappa shape index (κ3) is 10.8. The summed E-state index contributed by atoms with van der Waals surface area (Å²) >= 11 is 3.29. The van der Waals surface area contributed by atoms with Crippen molar-refractivity contribution >= 4 is 21.9 Å². The molecule has 0 aromatic heterocycles. The molecule has 102 valence electrons. The van der Waals surface area contributed by atoms with Gasteiger partial charge in [-0.1, -0.05) is 67.8 Å². The van der Waals surface area contributed by atoms with Gasteiger partial charge in [-0.25, -0.2) is 0 Å². The third-order valence-corrected chi connectivity index (χ3v) is 3.04. The first-order chi connectivity index (χ1) is 7.98. The number of hydrogen-bond acceptors (Lipinski definition) is 2. The second-order valence-electron chi connectivity index (χ2n) is 5.08. The molecule has 0 saturated heterocycles. The molecule has 3 heteroatoms. The summed E-state index contributed by atoms with van der Waals surface area (Å²) in [5.41, 5.74) is 0. The lowest BCUT2D eigenvalue weighted by molar-refractivity contribution is -0.145. The van der Waals surface area contributed by atoms with Crippen LogP contribution in [0.2, 0.25) is 0 Å². The van der Waals surface area contributed by atoms with E-state index >= 15 is 0 Å². The lowest BCUT2D eigenvalue weighted by Crippen LogP contribution is -2.26. The van der Waals surface area contributed by atoms with Crippen molar-refractivity contribution in [3.8, 4) is 0 Å². The van der Waals surface area contributed by atoms with E-state index in [2.05, 4.69) is 22.9 Å². The van der Waals surface area contributed by atoms with E-state index in [4.69, 9.17) is 4.74 Å². The van der Waals surface area contributed by atoms with E-state index in [0.29, 0.717) is 6.61 Å². The molecular weight excluding hydrogens is 280 g/mol. The fourth-order valence-corrected chi connectivity index (χ4v) is 1.69. The first kappa shape index (κ1) is 16.9. The van der Waals surface area contributed by atoms with Gasteiger partial charge in [0.15, 0.2) is 0 Å². The Bertz CT molecular complexity index is 197. The van der Waals surface area contributed by atoms with Crippen LogP contribution >= 0.6 is 15.9 Å². The number of ether oxygens (including phenoxy) is 1. The Morgan fingerprint density at radius 3 is 1.94 bits per heavy atom. The fourth-order valence-electron chi connectivity index (χ4n) is 1.57. The number of rotatable bonds is 10. The van der Waals surface area contributed by atoms with Crippen LogP contribution in [-0.2, 0) is 9.53 Å². The van der Waals surface area contributed by atoms with Crippen molar-refractivity contribution in [3.05, 3.63) is 0 Å². The highest BCUT2D eigenvalue weighted by Crippen LogP contribution is 2.17. The van der Waals surface area contributed by atoms with Gasteiger partial charge < -0.3 is 4.74 Å². The molecule has 0 bridgehead atoms. The normalized spacial score (nSPS) is 11.5. The average Bonchev–Trinajstić information content (AvgIpc) is 2.25. The standard InChI is InChI=1S/C14H27BrO2/c1-4-5-6-7-8-9-10-11-12-17-13(16)14(2,3)15/h4-12H2,1-3H3. The average molecular weight is 307 g/mol. The van der Waals surface area contributed by atoms with Gasteiger partial charge in [0.2, 0.25) is 0 Å². The molecule has 2 nitrogen and oxygen atoms in total. The largest absolute Gasteiger partial charge is 0.465 e. The molecule has 0 unspecified atom stereocenters. The Labute approximate surface area is 115 Å². The van der Waals surface area contributed by atoms with Crippen LogP contribution in [0.25, 0.3) is 0 Å². The number of esters is 1. The van der Waals surface area contributed by atoms with Crippen LogP contribution in [0.1, 0.15) is 72.1 Å². The molecule has 0 radical (unpaired) electrons. The summed E-state index contributed by atoms with van der Waals surface area (Å²) in [5.74, 6) is -0.166. The summed E-state index contributed by atoms with van der Waals surface area (Å²) in [7, 11) is 0. The maximum atomic E-state index is 11.4. The quantitative estimate of drug-likeness (QED) is 0.328. The number of halogens is 1. The Balaban J connectivity index is 3.22. The summed E-state index contributed by atoms with van der Waals surface area (Å²) in [4.78, 5) is 11.4. The van der Waals surface area contributed by atoms with E-state index in [1.807, 2.05) is 13.8 Å². The zero-order valence-electron chi connectivity index (χ0n) is 11.6. The molecule has 0 saturated carbocycles. The van der Waals surface area contributed by atoms with Crippen molar-refractivity contribution in [2.45, 2.75) is 76.5 Å². The smallest absolute Gasteiger partial charge is 0.322 e. The minimum Gasteiger partial charge on any atom is -0.465 e. The van der Waals surface area contributed by atoms with E-state index in [9.17, 15) is 4.79 Å². The first-order valence-corrected chi connectivity index (χ1v) is 7.64. The second-order valence-corrected chi connectivity index (χ2v) is 7.07. The van der Waals surface area contributed by atoms with Gasteiger partial charge in [-0.05, 0) is 20.3 Å². The van der Waals surface area contributed by atoms with E-state index in [0.717, 1.165) is 6.42 Å². The number of alkyl halides is 1. The van der Waals surface area contributed by atoms with Crippen molar-refractivity contribution in [1.82, 2.24) is 0 Å². The van der Waals surface area contributed by atoms with Crippen LogP contribution in [0.5, 0.6) is 0 Å². The molecule has 0 N–H and O–H groups in total. The van der Waals surface area contributed by atoms with E-state index < -0.39 is 4.32 Å². The van der Waals surface area contributed by atoms with Crippen molar-refractivity contribution in [3.63, 3.8) is 0 Å². The molecule has 0 rings (SSSR count). The Morgan fingerprint density at radius 1 is 1.00 bits per heavy atom. The van der Waals surface area contributed by atoms with Gasteiger partial charge >= 0.3 is 5.97 Å². The molecule has 0 aromatic carbocycles. The fraction of sp³-hybridized carbons (Fsp3) is 0.929. The number of carbonyl (C=O) groups is 1. The lowest BCUT2D eigenvalue weighted by Gasteiger charge is -2.14. The minimum absolute atomic E-state index is 0.166. The van der Waals surface area contributed by atoms with Gasteiger partial charge in [0.05, 0.1) is 6.61 Å². The van der Waals surface area contributed by atoms with Crippen LogP contribution < -0.4 is 0 Å². The molecule has 0 aromatic rings. The zero-order chi connectivity index (χ0) is 13.1. The Morgan fingerprint density at radius 2 is 1.47 bits per heavy atom. The van der Waals surface area contributed by atoms with Crippen LogP contribution in [0.4, 0.5) is 0 Å². The van der Waals surface area contributed by atoms with Gasteiger partial charge in [-0.2, -0.15) is 0 Å². The van der Waals surface area contributed by atoms with Gasteiger partial charge in [-0.15, -0.1) is 0 Å². The summed E-state index contributed by atoms with van der Waals surface area (Å²) in [6.45, 7) is 6.41. The maximum Gasteiger partial charge on any atom is 0.322 e. The summed E-state index contributed by atoms with van der Waals surface area (Å²) < 4.78 is 4.62. The summed E-state index contributed by atoms with van der Waals surface area (Å²) in [6.07, 6.45) is 10.1. The monoisotopic (exact) mass is 306 g/mol. The summed E-state index contributed by atoms with van der Waals surface area (Å²) in [5, 5.41) is 0. The maximum absolute atomic E-state index is 11.4. The predicted octanol–water partition coefficient (Wildman–Crippen LogP) is 4.84. The second kappa shape index (κ2) is 9.93. The highest BCUT2D eigenvalue weighted by molar-refractivity contribution is 9.10. The Hall–Kier alpha value is -0.0500. The molecule has 0 aliphatic rings. The molecule has 0 amide bonds. The molecule has 17 heavy (non-hydrogen) atoms. The van der Waals surface area contributed by atoms with Crippen molar-refractivity contribution < 1.29 is 9.53 Å². The topological polar surface area (TPSA) is 26.3 Å². The molecule has 0 aliphatic carbocycles. The van der Waals surface area contributed by atoms with Crippen LogP contribution in [-0.4, -0.2) is 16.9 Å².